The Morgan fingerprint density at radius 2 is 2.00 bits per heavy atom. The molecule has 1 aromatic carbocycles. The van der Waals surface area contributed by atoms with Crippen LogP contribution in [-0.2, 0) is 6.54 Å². The molecule has 106 valence electrons. The molecule has 0 aliphatic rings. The fraction of sp³-hybridized carbons (Fsp3) is 0.312. The van der Waals surface area contributed by atoms with E-state index in [4.69, 9.17) is 0 Å². The fourth-order valence-electron chi connectivity index (χ4n) is 1.85. The van der Waals surface area contributed by atoms with E-state index >= 15 is 0 Å². The maximum absolute atomic E-state index is 4.59. The molecule has 2 aromatic rings. The summed E-state index contributed by atoms with van der Waals surface area (Å²) >= 11 is 5.16. The van der Waals surface area contributed by atoms with Crippen LogP contribution in [-0.4, -0.2) is 11.5 Å². The highest BCUT2D eigenvalue weighted by molar-refractivity contribution is 9.10. The summed E-state index contributed by atoms with van der Waals surface area (Å²) in [5.41, 5.74) is 2.48. The number of nitrogens with zero attached hydrogens (tertiary/aromatic N) is 1. The van der Waals surface area contributed by atoms with Crippen molar-refractivity contribution in [2.75, 3.05) is 6.54 Å². The van der Waals surface area contributed by atoms with Crippen molar-refractivity contribution in [2.45, 2.75) is 36.7 Å². The summed E-state index contributed by atoms with van der Waals surface area (Å²) in [6.07, 6.45) is 3.13. The smallest absolute Gasteiger partial charge is 0.104 e. The predicted molar refractivity (Wildman–Crippen MR) is 89.2 cm³/mol. The molecular formula is C16H19BrN2S. The number of hydrogen-bond acceptors (Lipinski definition) is 3. The van der Waals surface area contributed by atoms with Gasteiger partial charge in [0.2, 0.25) is 0 Å². The lowest BCUT2D eigenvalue weighted by molar-refractivity contribution is 0.672. The average molecular weight is 351 g/mol. The minimum Gasteiger partial charge on any atom is -0.313 e. The number of aryl methyl sites for hydroxylation is 1. The van der Waals surface area contributed by atoms with E-state index in [-0.39, 0.29) is 0 Å². The van der Waals surface area contributed by atoms with Crippen molar-refractivity contribution >= 4 is 27.7 Å². The molecule has 0 radical (unpaired) electrons. The van der Waals surface area contributed by atoms with E-state index in [1.54, 1.807) is 11.8 Å². The first kappa shape index (κ1) is 15.5. The highest BCUT2D eigenvalue weighted by Gasteiger charge is 2.04. The number of aromatic nitrogens is 1. The molecule has 2 rings (SSSR count). The summed E-state index contributed by atoms with van der Waals surface area (Å²) in [4.78, 5) is 5.79. The van der Waals surface area contributed by atoms with Crippen molar-refractivity contribution in [1.82, 2.24) is 10.3 Å². The Hall–Kier alpha value is -0.840. The molecule has 4 heteroatoms. The summed E-state index contributed by atoms with van der Waals surface area (Å²) in [5.74, 6) is 0. The van der Waals surface area contributed by atoms with Crippen molar-refractivity contribution in [3.05, 3.63) is 52.1 Å². The van der Waals surface area contributed by atoms with Crippen LogP contribution in [0.3, 0.4) is 0 Å². The topological polar surface area (TPSA) is 24.9 Å². The maximum Gasteiger partial charge on any atom is 0.104 e. The monoisotopic (exact) mass is 350 g/mol. The molecule has 2 nitrogen and oxygen atoms in total. The quantitative estimate of drug-likeness (QED) is 0.757. The fourth-order valence-corrected chi connectivity index (χ4v) is 2.93. The van der Waals surface area contributed by atoms with Crippen molar-refractivity contribution in [3.8, 4) is 0 Å². The second kappa shape index (κ2) is 7.81. The lowest BCUT2D eigenvalue weighted by atomic mass is 10.2. The van der Waals surface area contributed by atoms with Crippen LogP contribution >= 0.6 is 27.7 Å². The number of benzene rings is 1. The van der Waals surface area contributed by atoms with Crippen molar-refractivity contribution in [1.29, 1.82) is 0 Å². The van der Waals surface area contributed by atoms with Gasteiger partial charge in [-0.25, -0.2) is 4.98 Å². The number of pyridine rings is 1. The highest BCUT2D eigenvalue weighted by Crippen LogP contribution is 2.29. The van der Waals surface area contributed by atoms with Gasteiger partial charge >= 0.3 is 0 Å². The maximum atomic E-state index is 4.59. The van der Waals surface area contributed by atoms with Crippen LogP contribution in [0, 0.1) is 6.92 Å². The number of hydrogen-bond donors (Lipinski definition) is 1. The van der Waals surface area contributed by atoms with E-state index in [0.717, 1.165) is 29.0 Å². The zero-order chi connectivity index (χ0) is 14.4. The Labute approximate surface area is 133 Å². The summed E-state index contributed by atoms with van der Waals surface area (Å²) < 4.78 is 1.10. The van der Waals surface area contributed by atoms with Gasteiger partial charge in [0.05, 0.1) is 0 Å². The summed E-state index contributed by atoms with van der Waals surface area (Å²) in [6.45, 7) is 6.24. The zero-order valence-corrected chi connectivity index (χ0v) is 14.2. The van der Waals surface area contributed by atoms with Gasteiger partial charge in [-0.05, 0) is 55.3 Å². The molecule has 0 bridgehead atoms. The molecule has 0 spiro atoms. The molecule has 0 fully saturated rings. The molecule has 0 saturated carbocycles. The third-order valence-electron chi connectivity index (χ3n) is 2.87. The second-order valence-corrected chi connectivity index (χ2v) is 6.68. The predicted octanol–water partition coefficient (Wildman–Crippen LogP) is 4.80. The lowest BCUT2D eigenvalue weighted by Gasteiger charge is -2.08. The molecule has 0 amide bonds. The van der Waals surface area contributed by atoms with E-state index in [1.807, 2.05) is 6.20 Å². The second-order valence-electron chi connectivity index (χ2n) is 4.70. The van der Waals surface area contributed by atoms with Gasteiger partial charge in [0.25, 0.3) is 0 Å². The number of rotatable bonds is 6. The first-order valence-corrected chi connectivity index (χ1v) is 8.39. The molecular weight excluding hydrogens is 332 g/mol. The number of nitrogens with one attached hydrogen (secondary N) is 1. The normalized spacial score (nSPS) is 10.8. The Balaban J connectivity index is 2.03. The summed E-state index contributed by atoms with van der Waals surface area (Å²) in [7, 11) is 0. The van der Waals surface area contributed by atoms with Gasteiger partial charge < -0.3 is 5.32 Å². The minimum absolute atomic E-state index is 0.894. The third-order valence-corrected chi connectivity index (χ3v) is 4.53. The minimum atomic E-state index is 0.894. The molecule has 1 heterocycles. The number of halogens is 1. The Morgan fingerprint density at radius 3 is 2.65 bits per heavy atom. The van der Waals surface area contributed by atoms with Crippen LogP contribution < -0.4 is 5.32 Å². The Bertz CT molecular complexity index is 555. The first-order chi connectivity index (χ1) is 9.69. The van der Waals surface area contributed by atoms with Crippen LogP contribution in [0.25, 0.3) is 0 Å². The van der Waals surface area contributed by atoms with Gasteiger partial charge in [-0.2, -0.15) is 0 Å². The van der Waals surface area contributed by atoms with Crippen LogP contribution in [0.5, 0.6) is 0 Å². The Kier molecular flexibility index (Phi) is 6.07. The molecule has 1 aromatic heterocycles. The van der Waals surface area contributed by atoms with E-state index < -0.39 is 0 Å². The van der Waals surface area contributed by atoms with E-state index in [9.17, 15) is 0 Å². The lowest BCUT2D eigenvalue weighted by Crippen LogP contribution is -2.14. The van der Waals surface area contributed by atoms with Gasteiger partial charge in [0.15, 0.2) is 0 Å². The van der Waals surface area contributed by atoms with Gasteiger partial charge in [-0.3, -0.25) is 0 Å². The molecule has 1 N–H and O–H groups in total. The zero-order valence-electron chi connectivity index (χ0n) is 11.8. The van der Waals surface area contributed by atoms with Crippen molar-refractivity contribution in [2.24, 2.45) is 0 Å². The van der Waals surface area contributed by atoms with Gasteiger partial charge in [0, 0.05) is 22.1 Å². The van der Waals surface area contributed by atoms with Gasteiger partial charge in [0.1, 0.15) is 5.03 Å². The van der Waals surface area contributed by atoms with Crippen molar-refractivity contribution in [3.63, 3.8) is 0 Å². The summed E-state index contributed by atoms with van der Waals surface area (Å²) in [6, 6.07) is 10.5. The van der Waals surface area contributed by atoms with Crippen LogP contribution in [0.2, 0.25) is 0 Å². The van der Waals surface area contributed by atoms with Gasteiger partial charge in [-0.1, -0.05) is 40.7 Å². The van der Waals surface area contributed by atoms with Crippen molar-refractivity contribution < 1.29 is 0 Å². The molecule has 0 aliphatic carbocycles. The SMILES string of the molecule is CCCNCc1cnc(Sc2ccc(Br)cc2)c(C)c1. The largest absolute Gasteiger partial charge is 0.313 e. The van der Waals surface area contributed by atoms with Crippen LogP contribution in [0.4, 0.5) is 0 Å². The summed E-state index contributed by atoms with van der Waals surface area (Å²) in [5, 5.41) is 4.48. The molecule has 0 unspecified atom stereocenters. The van der Waals surface area contributed by atoms with E-state index in [1.165, 1.54) is 16.0 Å². The molecule has 0 aliphatic heterocycles. The average Bonchev–Trinajstić information content (AvgIpc) is 2.44. The van der Waals surface area contributed by atoms with E-state index in [0.29, 0.717) is 0 Å². The standard InChI is InChI=1S/C16H19BrN2S/c1-3-8-18-10-13-9-12(2)16(19-11-13)20-15-6-4-14(17)5-7-15/h4-7,9,11,18H,3,8,10H2,1-2H3. The third kappa shape index (κ3) is 4.62. The van der Waals surface area contributed by atoms with E-state index in [2.05, 4.69) is 70.4 Å². The van der Waals surface area contributed by atoms with Gasteiger partial charge in [-0.15, -0.1) is 0 Å². The highest BCUT2D eigenvalue weighted by atomic mass is 79.9. The molecule has 0 atom stereocenters. The molecule has 20 heavy (non-hydrogen) atoms. The van der Waals surface area contributed by atoms with Crippen LogP contribution in [0.15, 0.2) is 50.9 Å². The first-order valence-electron chi connectivity index (χ1n) is 6.78. The molecule has 0 saturated heterocycles. The Morgan fingerprint density at radius 1 is 1.25 bits per heavy atom. The van der Waals surface area contributed by atoms with Crippen LogP contribution in [0.1, 0.15) is 24.5 Å².